The zero-order valence-corrected chi connectivity index (χ0v) is 8.57. The first-order valence-corrected chi connectivity index (χ1v) is 5.34. The van der Waals surface area contributed by atoms with E-state index in [1.54, 1.807) is 0 Å². The van der Waals surface area contributed by atoms with E-state index in [9.17, 15) is 8.78 Å². The van der Waals surface area contributed by atoms with Gasteiger partial charge in [0.15, 0.2) is 0 Å². The second-order valence-electron chi connectivity index (χ2n) is 3.95. The molecule has 0 amide bonds. The normalized spacial score (nSPS) is 22.5. The third kappa shape index (κ3) is 2.53. The van der Waals surface area contributed by atoms with Crippen molar-refractivity contribution in [2.24, 2.45) is 0 Å². The lowest BCUT2D eigenvalue weighted by Gasteiger charge is -2.24. The molecule has 1 aromatic carbocycles. The molecule has 1 heterocycles. The molecular formula is C12H15F2N. The van der Waals surface area contributed by atoms with Crippen LogP contribution in [-0.2, 0) is 0 Å². The van der Waals surface area contributed by atoms with Crippen LogP contribution in [0.5, 0.6) is 0 Å². The van der Waals surface area contributed by atoms with E-state index in [1.165, 1.54) is 0 Å². The molecule has 1 unspecified atom stereocenters. The molecule has 0 bridgehead atoms. The quantitative estimate of drug-likeness (QED) is 0.742. The predicted octanol–water partition coefficient (Wildman–Crippen LogP) is 3.09. The van der Waals surface area contributed by atoms with Crippen molar-refractivity contribution in [1.29, 1.82) is 0 Å². The topological polar surface area (TPSA) is 3.24 Å². The van der Waals surface area contributed by atoms with Gasteiger partial charge in [-0.05, 0) is 24.9 Å². The minimum absolute atomic E-state index is 0.0977. The third-order valence-corrected chi connectivity index (χ3v) is 2.92. The Morgan fingerprint density at radius 1 is 1.27 bits per heavy atom. The highest BCUT2D eigenvalue weighted by atomic mass is 19.3. The SMILES string of the molecule is FC(F)CN1CCCC1c1ccccc1. The highest BCUT2D eigenvalue weighted by Crippen LogP contribution is 2.31. The Morgan fingerprint density at radius 3 is 2.67 bits per heavy atom. The third-order valence-electron chi connectivity index (χ3n) is 2.92. The Hall–Kier alpha value is -0.960. The van der Waals surface area contributed by atoms with Crippen LogP contribution in [0.3, 0.4) is 0 Å². The number of alkyl halides is 2. The fourth-order valence-corrected chi connectivity index (χ4v) is 2.27. The van der Waals surface area contributed by atoms with Gasteiger partial charge in [0.1, 0.15) is 0 Å². The van der Waals surface area contributed by atoms with Gasteiger partial charge in [-0.15, -0.1) is 0 Å². The molecule has 0 aromatic heterocycles. The Labute approximate surface area is 88.7 Å². The molecule has 1 aliphatic rings. The van der Waals surface area contributed by atoms with Crippen molar-refractivity contribution >= 4 is 0 Å². The van der Waals surface area contributed by atoms with Crippen LogP contribution in [0.25, 0.3) is 0 Å². The molecule has 15 heavy (non-hydrogen) atoms. The van der Waals surface area contributed by atoms with Gasteiger partial charge in [0.05, 0.1) is 6.54 Å². The van der Waals surface area contributed by atoms with E-state index < -0.39 is 6.43 Å². The Bertz CT molecular complexity index is 300. The minimum atomic E-state index is -2.23. The molecule has 1 aliphatic heterocycles. The van der Waals surface area contributed by atoms with Crippen LogP contribution < -0.4 is 0 Å². The van der Waals surface area contributed by atoms with Crippen molar-refractivity contribution in [2.45, 2.75) is 25.3 Å². The van der Waals surface area contributed by atoms with Gasteiger partial charge in [-0.3, -0.25) is 4.90 Å². The summed E-state index contributed by atoms with van der Waals surface area (Å²) >= 11 is 0. The smallest absolute Gasteiger partial charge is 0.251 e. The van der Waals surface area contributed by atoms with Gasteiger partial charge in [0.2, 0.25) is 0 Å². The van der Waals surface area contributed by atoms with Crippen LogP contribution in [0.2, 0.25) is 0 Å². The molecule has 0 saturated carbocycles. The molecule has 1 saturated heterocycles. The summed E-state index contributed by atoms with van der Waals surface area (Å²) in [5.41, 5.74) is 1.16. The largest absolute Gasteiger partial charge is 0.291 e. The van der Waals surface area contributed by atoms with Crippen molar-refractivity contribution in [1.82, 2.24) is 4.90 Å². The molecule has 82 valence electrons. The number of halogens is 2. The zero-order chi connectivity index (χ0) is 10.7. The number of benzene rings is 1. The van der Waals surface area contributed by atoms with Gasteiger partial charge < -0.3 is 0 Å². The van der Waals surface area contributed by atoms with Crippen LogP contribution in [0.1, 0.15) is 24.4 Å². The van der Waals surface area contributed by atoms with Crippen molar-refractivity contribution in [3.8, 4) is 0 Å². The van der Waals surface area contributed by atoms with E-state index in [0.29, 0.717) is 0 Å². The standard InChI is InChI=1S/C12H15F2N/c13-12(14)9-15-8-4-7-11(15)10-5-2-1-3-6-10/h1-3,5-6,11-12H,4,7-9H2. The fraction of sp³-hybridized carbons (Fsp3) is 0.500. The number of hydrogen-bond donors (Lipinski definition) is 0. The highest BCUT2D eigenvalue weighted by molar-refractivity contribution is 5.19. The van der Waals surface area contributed by atoms with Crippen LogP contribution in [-0.4, -0.2) is 24.4 Å². The lowest BCUT2D eigenvalue weighted by atomic mass is 10.0. The lowest BCUT2D eigenvalue weighted by Crippen LogP contribution is -2.28. The molecule has 1 atom stereocenters. The van der Waals surface area contributed by atoms with Crippen molar-refractivity contribution < 1.29 is 8.78 Å². The van der Waals surface area contributed by atoms with Gasteiger partial charge in [0, 0.05) is 6.04 Å². The first-order valence-electron chi connectivity index (χ1n) is 5.34. The number of likely N-dealkylation sites (tertiary alicyclic amines) is 1. The maximum Gasteiger partial charge on any atom is 0.251 e. The molecule has 2 rings (SSSR count). The fourth-order valence-electron chi connectivity index (χ4n) is 2.27. The minimum Gasteiger partial charge on any atom is -0.291 e. The molecule has 1 aromatic rings. The average Bonchev–Trinajstić information content (AvgIpc) is 2.66. The van der Waals surface area contributed by atoms with Crippen LogP contribution in [0.4, 0.5) is 8.78 Å². The molecule has 0 N–H and O–H groups in total. The first-order chi connectivity index (χ1) is 7.27. The Morgan fingerprint density at radius 2 is 2.00 bits per heavy atom. The summed E-state index contributed by atoms with van der Waals surface area (Å²) in [7, 11) is 0. The first kappa shape index (κ1) is 10.6. The Balaban J connectivity index is 2.08. The second kappa shape index (κ2) is 4.71. The van der Waals surface area contributed by atoms with Crippen LogP contribution in [0.15, 0.2) is 30.3 Å². The van der Waals surface area contributed by atoms with Gasteiger partial charge in [-0.25, -0.2) is 8.78 Å². The molecule has 1 nitrogen and oxygen atoms in total. The van der Waals surface area contributed by atoms with E-state index in [4.69, 9.17) is 0 Å². The summed E-state index contributed by atoms with van der Waals surface area (Å²) in [5.74, 6) is 0. The van der Waals surface area contributed by atoms with Gasteiger partial charge in [0.25, 0.3) is 6.43 Å². The lowest BCUT2D eigenvalue weighted by molar-refractivity contribution is 0.0822. The summed E-state index contributed by atoms with van der Waals surface area (Å²) < 4.78 is 24.7. The van der Waals surface area contributed by atoms with Gasteiger partial charge in [-0.1, -0.05) is 30.3 Å². The monoisotopic (exact) mass is 211 g/mol. The summed E-state index contributed by atoms with van der Waals surface area (Å²) in [6, 6.07) is 10.1. The summed E-state index contributed by atoms with van der Waals surface area (Å²) in [6.07, 6.45) is -0.211. The molecule has 0 spiro atoms. The predicted molar refractivity (Wildman–Crippen MR) is 56.0 cm³/mol. The average molecular weight is 211 g/mol. The van der Waals surface area contributed by atoms with Crippen LogP contribution in [0, 0.1) is 0 Å². The second-order valence-corrected chi connectivity index (χ2v) is 3.95. The van der Waals surface area contributed by atoms with E-state index >= 15 is 0 Å². The van der Waals surface area contributed by atoms with Gasteiger partial charge >= 0.3 is 0 Å². The van der Waals surface area contributed by atoms with Crippen molar-refractivity contribution in [3.05, 3.63) is 35.9 Å². The zero-order valence-electron chi connectivity index (χ0n) is 8.57. The Kier molecular flexibility index (Phi) is 3.31. The maximum atomic E-state index is 12.3. The highest BCUT2D eigenvalue weighted by Gasteiger charge is 2.27. The maximum absolute atomic E-state index is 12.3. The summed E-state index contributed by atoms with van der Waals surface area (Å²) in [6.45, 7) is 0.698. The van der Waals surface area contributed by atoms with E-state index in [2.05, 4.69) is 0 Å². The van der Waals surface area contributed by atoms with E-state index in [-0.39, 0.29) is 12.6 Å². The van der Waals surface area contributed by atoms with E-state index in [1.807, 2.05) is 35.2 Å². The molecular weight excluding hydrogens is 196 g/mol. The molecule has 0 radical (unpaired) electrons. The van der Waals surface area contributed by atoms with Gasteiger partial charge in [-0.2, -0.15) is 0 Å². The molecule has 1 fully saturated rings. The number of hydrogen-bond acceptors (Lipinski definition) is 1. The molecule has 0 aliphatic carbocycles. The van der Waals surface area contributed by atoms with Crippen molar-refractivity contribution in [3.63, 3.8) is 0 Å². The number of nitrogens with zero attached hydrogens (tertiary/aromatic N) is 1. The van der Waals surface area contributed by atoms with Crippen molar-refractivity contribution in [2.75, 3.05) is 13.1 Å². The molecule has 3 heteroatoms. The summed E-state index contributed by atoms with van der Waals surface area (Å²) in [4.78, 5) is 1.89. The number of rotatable bonds is 3. The van der Waals surface area contributed by atoms with Crippen LogP contribution >= 0.6 is 0 Å². The van der Waals surface area contributed by atoms with E-state index in [0.717, 1.165) is 24.9 Å². The summed E-state index contributed by atoms with van der Waals surface area (Å²) in [5, 5.41) is 0.